The molecule has 0 aliphatic carbocycles. The predicted molar refractivity (Wildman–Crippen MR) is 113 cm³/mol. The van der Waals surface area contributed by atoms with Crippen molar-refractivity contribution in [3.8, 4) is 22.6 Å². The van der Waals surface area contributed by atoms with Crippen LogP contribution < -0.4 is 20.9 Å². The van der Waals surface area contributed by atoms with E-state index in [0.717, 1.165) is 0 Å². The largest absolute Gasteiger partial charge is 0.491 e. The Labute approximate surface area is 176 Å². The molecule has 2 aromatic carbocycles. The van der Waals surface area contributed by atoms with E-state index in [1.165, 1.54) is 0 Å². The Balaban J connectivity index is 2.52. The lowest BCUT2D eigenvalue weighted by atomic mass is 9.98. The summed E-state index contributed by atoms with van der Waals surface area (Å²) in [5, 5.41) is 0. The molecule has 30 heavy (non-hydrogen) atoms. The molecule has 0 heterocycles. The van der Waals surface area contributed by atoms with Crippen LogP contribution in [0.3, 0.4) is 0 Å². The Morgan fingerprint density at radius 1 is 0.700 bits per heavy atom. The Kier molecular flexibility index (Phi) is 9.43. The molecule has 0 fully saturated rings. The molecule has 8 nitrogen and oxygen atoms in total. The second-order valence-corrected chi connectivity index (χ2v) is 6.36. The molecule has 0 amide bonds. The van der Waals surface area contributed by atoms with E-state index in [0.29, 0.717) is 60.2 Å². The molecule has 0 unspecified atom stereocenters. The van der Waals surface area contributed by atoms with Gasteiger partial charge in [-0.3, -0.25) is 9.59 Å². The predicted octanol–water partition coefficient (Wildman–Crippen LogP) is 1.69. The van der Waals surface area contributed by atoms with Crippen LogP contribution in [-0.2, 0) is 9.47 Å². The summed E-state index contributed by atoms with van der Waals surface area (Å²) in [6.45, 7) is 1.17. The van der Waals surface area contributed by atoms with Gasteiger partial charge in [0.2, 0.25) is 0 Å². The van der Waals surface area contributed by atoms with E-state index in [4.69, 9.17) is 30.4 Å². The third kappa shape index (κ3) is 6.11. The molecular weight excluding hydrogens is 388 g/mol. The van der Waals surface area contributed by atoms with E-state index in [2.05, 4.69) is 0 Å². The van der Waals surface area contributed by atoms with Gasteiger partial charge >= 0.3 is 0 Å². The summed E-state index contributed by atoms with van der Waals surface area (Å²) in [5.74, 6) is 0.582. The zero-order chi connectivity index (χ0) is 21.9. The van der Waals surface area contributed by atoms with Crippen LogP contribution in [0.15, 0.2) is 36.4 Å². The molecule has 0 aliphatic heterocycles. The summed E-state index contributed by atoms with van der Waals surface area (Å²) in [6.07, 6.45) is 0. The smallest absolute Gasteiger partial charge is 0.176 e. The number of benzene rings is 2. The zero-order valence-electron chi connectivity index (χ0n) is 17.3. The normalized spacial score (nSPS) is 10.7. The van der Waals surface area contributed by atoms with Crippen LogP contribution in [0.1, 0.15) is 20.7 Å². The third-order valence-corrected chi connectivity index (χ3v) is 4.36. The van der Waals surface area contributed by atoms with Gasteiger partial charge in [0.15, 0.2) is 11.6 Å². The minimum absolute atomic E-state index is 0.0991. The summed E-state index contributed by atoms with van der Waals surface area (Å²) in [4.78, 5) is 24.1. The Bertz CT molecular complexity index is 797. The summed E-state index contributed by atoms with van der Waals surface area (Å²) in [5.41, 5.74) is 13.3. The minimum Gasteiger partial charge on any atom is -0.491 e. The van der Waals surface area contributed by atoms with E-state index in [9.17, 15) is 9.59 Å². The lowest BCUT2D eigenvalue weighted by molar-refractivity contribution is 0.0993. The van der Waals surface area contributed by atoms with Crippen LogP contribution in [0, 0.1) is 0 Å². The molecule has 8 heteroatoms. The first kappa shape index (κ1) is 23.5. The summed E-state index contributed by atoms with van der Waals surface area (Å²) < 4.78 is 21.8. The van der Waals surface area contributed by atoms with Gasteiger partial charge in [-0.1, -0.05) is 12.1 Å². The van der Waals surface area contributed by atoms with Gasteiger partial charge in [0, 0.05) is 36.5 Å². The van der Waals surface area contributed by atoms with E-state index in [-0.39, 0.29) is 24.7 Å². The molecule has 0 saturated heterocycles. The first-order chi connectivity index (χ1) is 14.5. The Hall–Kier alpha value is -2.78. The van der Waals surface area contributed by atoms with E-state index in [1.54, 1.807) is 50.6 Å². The van der Waals surface area contributed by atoms with Gasteiger partial charge < -0.3 is 30.4 Å². The molecule has 2 rings (SSSR count). The molecular formula is C22H28N2O6. The monoisotopic (exact) mass is 416 g/mol. The summed E-state index contributed by atoms with van der Waals surface area (Å²) >= 11 is 0. The number of hydrogen-bond donors (Lipinski definition) is 2. The molecule has 0 atom stereocenters. The lowest BCUT2D eigenvalue weighted by Crippen LogP contribution is -2.15. The average molecular weight is 416 g/mol. The number of methoxy groups -OCH3 is 2. The maximum atomic E-state index is 12.0. The number of carbonyl (C=O) groups excluding carboxylic acids is 2. The van der Waals surface area contributed by atoms with Crippen molar-refractivity contribution in [1.82, 2.24) is 0 Å². The van der Waals surface area contributed by atoms with Crippen LogP contribution in [0.25, 0.3) is 11.1 Å². The van der Waals surface area contributed by atoms with Gasteiger partial charge in [-0.2, -0.15) is 0 Å². The number of rotatable bonds is 13. The number of hydrogen-bond acceptors (Lipinski definition) is 8. The maximum Gasteiger partial charge on any atom is 0.176 e. The average Bonchev–Trinajstić information content (AvgIpc) is 2.78. The minimum atomic E-state index is -0.196. The van der Waals surface area contributed by atoms with Crippen LogP contribution in [0.4, 0.5) is 0 Å². The second kappa shape index (κ2) is 12.0. The van der Waals surface area contributed by atoms with Crippen LogP contribution in [0.2, 0.25) is 0 Å². The first-order valence-electron chi connectivity index (χ1n) is 9.54. The van der Waals surface area contributed by atoms with Crippen LogP contribution in [-0.4, -0.2) is 65.3 Å². The topological polar surface area (TPSA) is 123 Å². The molecule has 0 saturated carbocycles. The third-order valence-electron chi connectivity index (χ3n) is 4.36. The molecule has 0 radical (unpaired) electrons. The van der Waals surface area contributed by atoms with Crippen molar-refractivity contribution >= 4 is 11.6 Å². The molecule has 0 aliphatic rings. The van der Waals surface area contributed by atoms with Crippen molar-refractivity contribution in [3.05, 3.63) is 47.5 Å². The van der Waals surface area contributed by atoms with E-state index >= 15 is 0 Å². The highest BCUT2D eigenvalue weighted by Gasteiger charge is 2.17. The highest BCUT2D eigenvalue weighted by molar-refractivity contribution is 6.00. The molecule has 0 spiro atoms. The molecule has 4 N–H and O–H groups in total. The van der Waals surface area contributed by atoms with Crippen molar-refractivity contribution in [2.75, 3.05) is 53.7 Å². The fourth-order valence-corrected chi connectivity index (χ4v) is 2.78. The second-order valence-electron chi connectivity index (χ2n) is 6.36. The Morgan fingerprint density at radius 2 is 1.10 bits per heavy atom. The fraction of sp³-hybridized carbons (Fsp3) is 0.364. The number of ether oxygens (including phenoxy) is 4. The SMILES string of the molecule is COCCOc1cc(C(=O)CN)ccc1-c1ccc(C(=O)CN)cc1OCCOC. The number of carbonyl (C=O) groups is 2. The maximum absolute atomic E-state index is 12.0. The van der Waals surface area contributed by atoms with Crippen molar-refractivity contribution < 1.29 is 28.5 Å². The van der Waals surface area contributed by atoms with Crippen LogP contribution in [0.5, 0.6) is 11.5 Å². The quantitative estimate of drug-likeness (QED) is 0.373. The summed E-state index contributed by atoms with van der Waals surface area (Å²) in [7, 11) is 3.15. The highest BCUT2D eigenvalue weighted by atomic mass is 16.5. The van der Waals surface area contributed by atoms with Gasteiger partial charge in [-0.25, -0.2) is 0 Å². The van der Waals surface area contributed by atoms with Gasteiger partial charge in [0.05, 0.1) is 26.3 Å². The van der Waals surface area contributed by atoms with E-state index in [1.807, 2.05) is 0 Å². The van der Waals surface area contributed by atoms with Gasteiger partial charge in [-0.05, 0) is 24.3 Å². The highest BCUT2D eigenvalue weighted by Crippen LogP contribution is 2.38. The van der Waals surface area contributed by atoms with E-state index < -0.39 is 0 Å². The van der Waals surface area contributed by atoms with Crippen molar-refractivity contribution in [3.63, 3.8) is 0 Å². The number of ketones is 2. The van der Waals surface area contributed by atoms with Crippen molar-refractivity contribution in [2.45, 2.75) is 0 Å². The van der Waals surface area contributed by atoms with Gasteiger partial charge in [0.1, 0.15) is 24.7 Å². The van der Waals surface area contributed by atoms with Gasteiger partial charge in [-0.15, -0.1) is 0 Å². The zero-order valence-corrected chi connectivity index (χ0v) is 17.3. The first-order valence-corrected chi connectivity index (χ1v) is 9.54. The Morgan fingerprint density at radius 3 is 1.43 bits per heavy atom. The standard InChI is InChI=1S/C22H28N2O6/c1-27-7-9-29-21-11-15(19(25)13-23)3-5-17(21)18-6-4-16(20(26)14-24)12-22(18)30-10-8-28-2/h3-6,11-12H,7-10,13-14,23-24H2,1-2H3. The number of Topliss-reactive ketones (excluding diaryl/α,β-unsaturated/α-hetero) is 2. The molecule has 0 aromatic heterocycles. The van der Waals surface area contributed by atoms with Crippen molar-refractivity contribution in [2.24, 2.45) is 11.5 Å². The molecule has 162 valence electrons. The lowest BCUT2D eigenvalue weighted by Gasteiger charge is -2.17. The molecule has 2 aromatic rings. The van der Waals surface area contributed by atoms with Gasteiger partial charge in [0.25, 0.3) is 0 Å². The fourth-order valence-electron chi connectivity index (χ4n) is 2.78. The summed E-state index contributed by atoms with van der Waals surface area (Å²) in [6, 6.07) is 10.2. The number of nitrogens with two attached hydrogens (primary N) is 2. The van der Waals surface area contributed by atoms with Crippen molar-refractivity contribution in [1.29, 1.82) is 0 Å². The molecule has 0 bridgehead atoms. The van der Waals surface area contributed by atoms with Crippen LogP contribution >= 0.6 is 0 Å².